The predicted molar refractivity (Wildman–Crippen MR) is 69.1 cm³/mol. The molecule has 0 unspecified atom stereocenters. The number of nitrogens with zero attached hydrogens (tertiary/aromatic N) is 1. The molecule has 1 aromatic carbocycles. The summed E-state index contributed by atoms with van der Waals surface area (Å²) in [5.74, 6) is -0.115. The number of hydrogen-bond donors (Lipinski definition) is 1. The van der Waals surface area contributed by atoms with Crippen LogP contribution in [0.2, 0.25) is 0 Å². The van der Waals surface area contributed by atoms with Crippen LogP contribution in [0.5, 0.6) is 0 Å². The van der Waals surface area contributed by atoms with Gasteiger partial charge in [-0.25, -0.2) is 0 Å². The molecule has 2 rings (SSSR count). The van der Waals surface area contributed by atoms with Crippen molar-refractivity contribution < 1.29 is 4.79 Å². The number of para-hydroxylation sites is 1. The molecule has 1 amide bonds. The van der Waals surface area contributed by atoms with E-state index in [1.165, 1.54) is 11.3 Å². The summed E-state index contributed by atoms with van der Waals surface area (Å²) in [6, 6.07) is 7.69. The van der Waals surface area contributed by atoms with Crippen LogP contribution < -0.4 is 5.32 Å². The normalized spacial score (nSPS) is 10.1. The number of alkyl halides is 1. The van der Waals surface area contributed by atoms with Crippen molar-refractivity contribution in [3.05, 3.63) is 46.4 Å². The van der Waals surface area contributed by atoms with E-state index in [-0.39, 0.29) is 5.91 Å². The molecule has 0 aliphatic rings. The molecule has 0 bridgehead atoms. The van der Waals surface area contributed by atoms with Crippen LogP contribution in [0.25, 0.3) is 0 Å². The predicted octanol–water partition coefficient (Wildman–Crippen LogP) is 3.29. The highest BCUT2D eigenvalue weighted by molar-refractivity contribution is 9.08. The van der Waals surface area contributed by atoms with Gasteiger partial charge in [-0.2, -0.15) is 0 Å². The second kappa shape index (κ2) is 5.23. The van der Waals surface area contributed by atoms with Gasteiger partial charge in [0.1, 0.15) is 4.88 Å². The van der Waals surface area contributed by atoms with E-state index in [1.807, 2.05) is 24.3 Å². The molecule has 1 aromatic heterocycles. The van der Waals surface area contributed by atoms with Crippen LogP contribution in [0.1, 0.15) is 15.2 Å². The maximum Gasteiger partial charge on any atom is 0.267 e. The summed E-state index contributed by atoms with van der Waals surface area (Å²) in [6.45, 7) is 0. The monoisotopic (exact) mass is 296 g/mol. The third-order valence-electron chi connectivity index (χ3n) is 2.07. The summed E-state index contributed by atoms with van der Waals surface area (Å²) >= 11 is 4.71. The summed E-state index contributed by atoms with van der Waals surface area (Å²) < 4.78 is 0. The van der Waals surface area contributed by atoms with Gasteiger partial charge in [0, 0.05) is 11.0 Å². The van der Waals surface area contributed by atoms with E-state index in [0.29, 0.717) is 10.2 Å². The molecule has 2 aromatic rings. The van der Waals surface area contributed by atoms with E-state index in [4.69, 9.17) is 0 Å². The number of carbonyl (C=O) groups is 1. The molecule has 0 atom stereocenters. The third-order valence-corrected chi connectivity index (χ3v) is 3.44. The van der Waals surface area contributed by atoms with E-state index >= 15 is 0 Å². The summed E-state index contributed by atoms with van der Waals surface area (Å²) in [6.07, 6.45) is 1.57. The van der Waals surface area contributed by atoms with Gasteiger partial charge in [0.2, 0.25) is 0 Å². The summed E-state index contributed by atoms with van der Waals surface area (Å²) in [5.41, 5.74) is 3.53. The molecule has 0 spiro atoms. The fraction of sp³-hybridized carbons (Fsp3) is 0.0909. The number of aromatic nitrogens is 1. The van der Waals surface area contributed by atoms with Crippen LogP contribution in [0.15, 0.2) is 36.0 Å². The zero-order valence-corrected chi connectivity index (χ0v) is 10.7. The van der Waals surface area contributed by atoms with Gasteiger partial charge in [-0.15, -0.1) is 11.3 Å². The highest BCUT2D eigenvalue weighted by Gasteiger charge is 2.09. The van der Waals surface area contributed by atoms with E-state index in [0.717, 1.165) is 11.3 Å². The molecule has 1 N–H and O–H groups in total. The average Bonchev–Trinajstić information content (AvgIpc) is 2.83. The fourth-order valence-electron chi connectivity index (χ4n) is 1.27. The molecule has 16 heavy (non-hydrogen) atoms. The van der Waals surface area contributed by atoms with E-state index < -0.39 is 0 Å². The molecule has 0 aliphatic carbocycles. The number of halogens is 1. The first-order valence-corrected chi connectivity index (χ1v) is 6.65. The van der Waals surface area contributed by atoms with Crippen molar-refractivity contribution in [2.24, 2.45) is 0 Å². The first-order valence-electron chi connectivity index (χ1n) is 4.65. The molecular formula is C11H9BrN2OS. The number of anilines is 1. The van der Waals surface area contributed by atoms with Crippen LogP contribution in [-0.4, -0.2) is 10.9 Å². The Morgan fingerprint density at radius 3 is 2.94 bits per heavy atom. The topological polar surface area (TPSA) is 42.0 Å². The SMILES string of the molecule is O=C(Nc1ccccc1CBr)c1cncs1. The van der Waals surface area contributed by atoms with Crippen LogP contribution in [-0.2, 0) is 5.33 Å². The van der Waals surface area contributed by atoms with Crippen LogP contribution in [0.4, 0.5) is 5.69 Å². The van der Waals surface area contributed by atoms with Gasteiger partial charge < -0.3 is 5.32 Å². The number of rotatable bonds is 3. The smallest absolute Gasteiger partial charge is 0.267 e. The quantitative estimate of drug-likeness (QED) is 0.883. The van der Waals surface area contributed by atoms with Crippen molar-refractivity contribution in [2.75, 3.05) is 5.32 Å². The molecule has 0 fully saturated rings. The minimum atomic E-state index is -0.115. The van der Waals surface area contributed by atoms with Crippen molar-refractivity contribution in [1.82, 2.24) is 4.98 Å². The highest BCUT2D eigenvalue weighted by atomic mass is 79.9. The van der Waals surface area contributed by atoms with E-state index in [9.17, 15) is 4.79 Å². The second-order valence-corrected chi connectivity index (χ2v) is 4.56. The van der Waals surface area contributed by atoms with Gasteiger partial charge in [0.25, 0.3) is 5.91 Å². The van der Waals surface area contributed by atoms with E-state index in [1.54, 1.807) is 11.7 Å². The zero-order chi connectivity index (χ0) is 11.4. The molecule has 0 aliphatic heterocycles. The van der Waals surface area contributed by atoms with Crippen molar-refractivity contribution in [3.8, 4) is 0 Å². The Hall–Kier alpha value is -1.20. The van der Waals surface area contributed by atoms with Crippen molar-refractivity contribution >= 4 is 38.9 Å². The Labute approximate surface area is 106 Å². The molecule has 0 saturated heterocycles. The molecule has 1 heterocycles. The number of nitrogens with one attached hydrogen (secondary N) is 1. The van der Waals surface area contributed by atoms with Crippen LogP contribution in [0, 0.1) is 0 Å². The Bertz CT molecular complexity index is 484. The summed E-state index contributed by atoms with van der Waals surface area (Å²) in [4.78, 5) is 16.3. The average molecular weight is 297 g/mol. The van der Waals surface area contributed by atoms with Gasteiger partial charge in [-0.3, -0.25) is 9.78 Å². The Morgan fingerprint density at radius 1 is 1.44 bits per heavy atom. The van der Waals surface area contributed by atoms with Crippen LogP contribution >= 0.6 is 27.3 Å². The lowest BCUT2D eigenvalue weighted by Gasteiger charge is -2.07. The van der Waals surface area contributed by atoms with E-state index in [2.05, 4.69) is 26.2 Å². The highest BCUT2D eigenvalue weighted by Crippen LogP contribution is 2.19. The first kappa shape index (κ1) is 11.3. The standard InChI is InChI=1S/C11H9BrN2OS/c12-5-8-3-1-2-4-9(8)14-11(15)10-6-13-7-16-10/h1-4,6-7H,5H2,(H,14,15). The third kappa shape index (κ3) is 2.48. The van der Waals surface area contributed by atoms with Crippen molar-refractivity contribution in [3.63, 3.8) is 0 Å². The summed E-state index contributed by atoms with van der Waals surface area (Å²) in [5, 5.41) is 3.58. The minimum absolute atomic E-state index is 0.115. The molecule has 0 radical (unpaired) electrons. The lowest BCUT2D eigenvalue weighted by atomic mass is 10.2. The lowest BCUT2D eigenvalue weighted by molar-refractivity contribution is 0.103. The van der Waals surface area contributed by atoms with Crippen molar-refractivity contribution in [1.29, 1.82) is 0 Å². The van der Waals surface area contributed by atoms with Crippen LogP contribution in [0.3, 0.4) is 0 Å². The minimum Gasteiger partial charge on any atom is -0.321 e. The number of amides is 1. The van der Waals surface area contributed by atoms with Gasteiger partial charge >= 0.3 is 0 Å². The van der Waals surface area contributed by atoms with Gasteiger partial charge in [0.05, 0.1) is 11.7 Å². The Balaban J connectivity index is 2.18. The maximum absolute atomic E-state index is 11.8. The second-order valence-electron chi connectivity index (χ2n) is 3.11. The Morgan fingerprint density at radius 2 is 2.25 bits per heavy atom. The molecule has 3 nitrogen and oxygen atoms in total. The molecule has 82 valence electrons. The number of hydrogen-bond acceptors (Lipinski definition) is 3. The summed E-state index contributed by atoms with van der Waals surface area (Å²) in [7, 11) is 0. The van der Waals surface area contributed by atoms with Crippen molar-refractivity contribution in [2.45, 2.75) is 5.33 Å². The maximum atomic E-state index is 11.8. The molecular weight excluding hydrogens is 288 g/mol. The van der Waals surface area contributed by atoms with Gasteiger partial charge in [-0.05, 0) is 11.6 Å². The first-order chi connectivity index (χ1) is 7.81. The fourth-order valence-corrected chi connectivity index (χ4v) is 2.27. The molecule has 5 heteroatoms. The number of thiazole rings is 1. The number of benzene rings is 1. The molecule has 0 saturated carbocycles. The largest absolute Gasteiger partial charge is 0.321 e. The Kier molecular flexibility index (Phi) is 3.69. The van der Waals surface area contributed by atoms with Gasteiger partial charge in [-0.1, -0.05) is 34.1 Å². The zero-order valence-electron chi connectivity index (χ0n) is 8.31. The van der Waals surface area contributed by atoms with Gasteiger partial charge in [0.15, 0.2) is 0 Å². The lowest BCUT2D eigenvalue weighted by Crippen LogP contribution is -2.11. The number of carbonyl (C=O) groups excluding carboxylic acids is 1.